The van der Waals surface area contributed by atoms with Crippen molar-refractivity contribution in [1.29, 1.82) is 0 Å². The largest absolute Gasteiger partial charge is 0.455 e. The zero-order valence-corrected chi connectivity index (χ0v) is 17.1. The van der Waals surface area contributed by atoms with Crippen molar-refractivity contribution in [2.45, 2.75) is 25.3 Å². The molecule has 0 radical (unpaired) electrons. The van der Waals surface area contributed by atoms with Crippen LogP contribution in [0.25, 0.3) is 0 Å². The van der Waals surface area contributed by atoms with Gasteiger partial charge in [-0.1, -0.05) is 24.3 Å². The number of aromatic nitrogens is 1. The van der Waals surface area contributed by atoms with Crippen molar-refractivity contribution in [2.24, 2.45) is 4.99 Å². The summed E-state index contributed by atoms with van der Waals surface area (Å²) in [5.41, 5.74) is 2.04. The number of para-hydroxylation sites is 1. The van der Waals surface area contributed by atoms with E-state index in [1.807, 2.05) is 38.1 Å². The van der Waals surface area contributed by atoms with Crippen molar-refractivity contribution in [3.63, 3.8) is 0 Å². The third-order valence-electron chi connectivity index (χ3n) is 4.61. The van der Waals surface area contributed by atoms with Crippen molar-refractivity contribution in [1.82, 2.24) is 9.71 Å². The number of hydrogen-bond donors (Lipinski definition) is 2. The van der Waals surface area contributed by atoms with Crippen molar-refractivity contribution < 1.29 is 17.5 Å². The first-order chi connectivity index (χ1) is 14.3. The van der Waals surface area contributed by atoms with Crippen LogP contribution in [0, 0.1) is 19.7 Å². The van der Waals surface area contributed by atoms with Crippen molar-refractivity contribution in [3.05, 3.63) is 77.4 Å². The number of fused-ring (bicyclic) bond motifs is 1. The summed E-state index contributed by atoms with van der Waals surface area (Å²) in [4.78, 5) is 8.13. The zero-order chi connectivity index (χ0) is 21.3. The number of anilines is 1. The predicted octanol–water partition coefficient (Wildman–Crippen LogP) is 3.89. The van der Waals surface area contributed by atoms with E-state index in [0.29, 0.717) is 11.5 Å². The molecule has 9 heteroatoms. The molecule has 2 N–H and O–H groups in total. The fourth-order valence-electron chi connectivity index (χ4n) is 3.01. The Morgan fingerprint density at radius 2 is 1.87 bits per heavy atom. The lowest BCUT2D eigenvalue weighted by Crippen LogP contribution is -2.41. The molecule has 0 spiro atoms. The summed E-state index contributed by atoms with van der Waals surface area (Å²) in [6, 6.07) is 13.4. The molecule has 0 amide bonds. The fourth-order valence-corrected chi connectivity index (χ4v) is 4.15. The molecule has 0 fully saturated rings. The number of hydrogen-bond acceptors (Lipinski definition) is 5. The average molecular weight is 426 g/mol. The first-order valence-electron chi connectivity index (χ1n) is 9.16. The lowest BCUT2D eigenvalue weighted by molar-refractivity contribution is 0.475. The van der Waals surface area contributed by atoms with E-state index in [1.165, 1.54) is 24.4 Å². The van der Waals surface area contributed by atoms with Gasteiger partial charge in [0.1, 0.15) is 22.1 Å². The maximum Gasteiger partial charge on any atom is 0.266 e. The molecule has 0 saturated carbocycles. The van der Waals surface area contributed by atoms with Gasteiger partial charge in [0.15, 0.2) is 5.75 Å². The molecular weight excluding hydrogens is 407 g/mol. The SMILES string of the molecule is Cc1ccccc1Oc1c(C)ccc2c1NC(=NCc1ncccc1F)NS2(=O)=O. The lowest BCUT2D eigenvalue weighted by Gasteiger charge is -2.25. The van der Waals surface area contributed by atoms with Crippen LogP contribution in [0.5, 0.6) is 11.5 Å². The number of aliphatic imine (C=N–C) groups is 1. The van der Waals surface area contributed by atoms with Crippen LogP contribution in [0.1, 0.15) is 16.8 Å². The smallest absolute Gasteiger partial charge is 0.266 e. The molecule has 0 saturated heterocycles. The number of rotatable bonds is 4. The Kier molecular flexibility index (Phi) is 5.13. The highest BCUT2D eigenvalue weighted by Gasteiger charge is 2.30. The molecule has 1 aliphatic heterocycles. The number of ether oxygens (including phenoxy) is 1. The number of halogens is 1. The highest BCUT2D eigenvalue weighted by atomic mass is 32.2. The van der Waals surface area contributed by atoms with Gasteiger partial charge in [0.05, 0.1) is 12.2 Å². The standard InChI is InChI=1S/C21H19FN4O3S/c1-13-6-3-4-8-17(13)29-20-14(2)9-10-18-19(20)25-21(26-30(18,27)28)24-12-16-15(22)7-5-11-23-16/h3-11H,12H2,1-2H3,(H2,24,25,26). The highest BCUT2D eigenvalue weighted by molar-refractivity contribution is 7.90. The van der Waals surface area contributed by atoms with E-state index in [9.17, 15) is 12.8 Å². The van der Waals surface area contributed by atoms with Crippen LogP contribution in [0.15, 0.2) is 64.6 Å². The minimum Gasteiger partial charge on any atom is -0.455 e. The van der Waals surface area contributed by atoms with Gasteiger partial charge in [0.2, 0.25) is 5.96 Å². The quantitative estimate of drug-likeness (QED) is 0.660. The Bertz CT molecular complexity index is 1260. The number of sulfonamides is 1. The number of aryl methyl sites for hydroxylation is 2. The van der Waals surface area contributed by atoms with E-state index in [-0.39, 0.29) is 28.8 Å². The van der Waals surface area contributed by atoms with E-state index in [4.69, 9.17) is 4.74 Å². The number of guanidine groups is 1. The van der Waals surface area contributed by atoms with E-state index in [1.54, 1.807) is 6.07 Å². The Morgan fingerprint density at radius 1 is 1.07 bits per heavy atom. The second-order valence-electron chi connectivity index (χ2n) is 6.78. The van der Waals surface area contributed by atoms with Gasteiger partial charge in [-0.25, -0.2) is 22.5 Å². The number of nitrogens with zero attached hydrogens (tertiary/aromatic N) is 2. The molecule has 0 unspecified atom stereocenters. The van der Waals surface area contributed by atoms with Gasteiger partial charge >= 0.3 is 0 Å². The molecule has 0 atom stereocenters. The van der Waals surface area contributed by atoms with Crippen molar-refractivity contribution >= 4 is 21.7 Å². The van der Waals surface area contributed by atoms with Crippen LogP contribution >= 0.6 is 0 Å². The minimum atomic E-state index is -3.88. The van der Waals surface area contributed by atoms with Gasteiger partial charge < -0.3 is 10.1 Å². The minimum absolute atomic E-state index is 0.0345. The van der Waals surface area contributed by atoms with Gasteiger partial charge in [-0.2, -0.15) is 0 Å². The molecular formula is C21H19FN4O3S. The Labute approximate surface area is 173 Å². The summed E-state index contributed by atoms with van der Waals surface area (Å²) >= 11 is 0. The molecule has 1 aromatic heterocycles. The fraction of sp³-hybridized carbons (Fsp3) is 0.143. The maximum atomic E-state index is 13.8. The summed E-state index contributed by atoms with van der Waals surface area (Å²) < 4.78 is 47.8. The van der Waals surface area contributed by atoms with Crippen molar-refractivity contribution in [2.75, 3.05) is 5.32 Å². The second kappa shape index (κ2) is 7.75. The first-order valence-corrected chi connectivity index (χ1v) is 10.6. The Morgan fingerprint density at radius 3 is 2.63 bits per heavy atom. The summed E-state index contributed by atoms with van der Waals surface area (Å²) in [5.74, 6) is 0.442. The number of nitrogens with one attached hydrogen (secondary N) is 2. The van der Waals surface area contributed by atoms with E-state index in [2.05, 4.69) is 20.0 Å². The molecule has 0 bridgehead atoms. The summed E-state index contributed by atoms with van der Waals surface area (Å²) in [7, 11) is -3.88. The Hall–Kier alpha value is -3.46. The van der Waals surface area contributed by atoms with Gasteiger partial charge in [0, 0.05) is 6.20 Å². The molecule has 3 aromatic rings. The summed E-state index contributed by atoms with van der Waals surface area (Å²) in [6.07, 6.45) is 1.45. The van der Waals surface area contributed by atoms with Crippen molar-refractivity contribution in [3.8, 4) is 11.5 Å². The van der Waals surface area contributed by atoms with Gasteiger partial charge in [-0.15, -0.1) is 0 Å². The molecule has 2 heterocycles. The summed E-state index contributed by atoms with van der Waals surface area (Å²) in [6.45, 7) is 3.59. The third kappa shape index (κ3) is 3.84. The topological polar surface area (TPSA) is 92.7 Å². The molecule has 7 nitrogen and oxygen atoms in total. The summed E-state index contributed by atoms with van der Waals surface area (Å²) in [5, 5.41) is 2.98. The molecule has 0 aliphatic carbocycles. The van der Waals surface area contributed by atoms with E-state index >= 15 is 0 Å². The third-order valence-corrected chi connectivity index (χ3v) is 5.99. The van der Waals surface area contributed by atoms with Crippen LogP contribution in [0.3, 0.4) is 0 Å². The van der Waals surface area contributed by atoms with Crippen LogP contribution in [0.4, 0.5) is 10.1 Å². The highest BCUT2D eigenvalue weighted by Crippen LogP contribution is 2.40. The van der Waals surface area contributed by atoms with E-state index in [0.717, 1.165) is 11.1 Å². The predicted molar refractivity (Wildman–Crippen MR) is 112 cm³/mol. The van der Waals surface area contributed by atoms with Crippen LogP contribution in [-0.2, 0) is 16.6 Å². The monoisotopic (exact) mass is 426 g/mol. The Balaban J connectivity index is 1.74. The van der Waals surface area contributed by atoms with Gasteiger partial charge in [-0.05, 0) is 49.2 Å². The first kappa shape index (κ1) is 19.8. The lowest BCUT2D eigenvalue weighted by atomic mass is 10.1. The maximum absolute atomic E-state index is 13.8. The molecule has 2 aromatic carbocycles. The molecule has 4 rings (SSSR count). The van der Waals surface area contributed by atoms with Crippen LogP contribution in [0.2, 0.25) is 0 Å². The van der Waals surface area contributed by atoms with Gasteiger partial charge in [0.25, 0.3) is 10.0 Å². The van der Waals surface area contributed by atoms with Gasteiger partial charge in [-0.3, -0.25) is 4.98 Å². The van der Waals surface area contributed by atoms with Crippen LogP contribution < -0.4 is 14.8 Å². The molecule has 30 heavy (non-hydrogen) atoms. The number of benzene rings is 2. The second-order valence-corrected chi connectivity index (χ2v) is 8.43. The normalized spacial score (nSPS) is 15.8. The van der Waals surface area contributed by atoms with E-state index < -0.39 is 15.8 Å². The molecule has 154 valence electrons. The zero-order valence-electron chi connectivity index (χ0n) is 16.3. The molecule has 1 aliphatic rings. The number of pyridine rings is 1. The average Bonchev–Trinajstić information content (AvgIpc) is 2.70. The van der Waals surface area contributed by atoms with Crippen LogP contribution in [-0.4, -0.2) is 19.4 Å².